The van der Waals surface area contributed by atoms with Gasteiger partial charge in [-0.15, -0.1) is 0 Å². The second-order valence-corrected chi connectivity index (χ2v) is 6.64. The van der Waals surface area contributed by atoms with Gasteiger partial charge in [-0.1, -0.05) is 0 Å². The molecule has 1 N–H and O–H groups in total. The summed E-state index contributed by atoms with van der Waals surface area (Å²) in [6, 6.07) is 9.59. The van der Waals surface area contributed by atoms with Gasteiger partial charge in [0.2, 0.25) is 5.91 Å². The number of amides is 1. The first kappa shape index (κ1) is 17.9. The highest BCUT2D eigenvalue weighted by Crippen LogP contribution is 2.38. The number of nitrogens with one attached hydrogen (secondary N) is 1. The summed E-state index contributed by atoms with van der Waals surface area (Å²) >= 11 is 0. The highest BCUT2D eigenvalue weighted by molar-refractivity contribution is 5.75. The van der Waals surface area contributed by atoms with Crippen molar-refractivity contribution in [3.05, 3.63) is 69.1 Å². The fourth-order valence-electron chi connectivity index (χ4n) is 2.83. The van der Waals surface area contributed by atoms with E-state index in [2.05, 4.69) is 15.5 Å². The molecule has 3 heterocycles. The molecule has 28 heavy (non-hydrogen) atoms. The van der Waals surface area contributed by atoms with Gasteiger partial charge in [0.15, 0.2) is 5.76 Å². The predicted octanol–water partition coefficient (Wildman–Crippen LogP) is 0.754. The molecule has 3 aromatic rings. The van der Waals surface area contributed by atoms with E-state index in [1.165, 1.54) is 23.1 Å². The third kappa shape index (κ3) is 4.08. The summed E-state index contributed by atoms with van der Waals surface area (Å²) < 4.78 is 7.69. The molecular weight excluding hydrogens is 362 g/mol. The molecule has 0 aliphatic heterocycles. The summed E-state index contributed by atoms with van der Waals surface area (Å²) in [4.78, 5) is 36.0. The van der Waals surface area contributed by atoms with Crippen LogP contribution in [0.1, 0.15) is 24.5 Å². The molecule has 0 atom stereocenters. The quantitative estimate of drug-likeness (QED) is 0.646. The monoisotopic (exact) mass is 381 g/mol. The first-order valence-corrected chi connectivity index (χ1v) is 9.07. The van der Waals surface area contributed by atoms with Gasteiger partial charge in [0.05, 0.1) is 18.5 Å². The molecular formula is C19H19N5O4. The van der Waals surface area contributed by atoms with Crippen molar-refractivity contribution in [2.45, 2.75) is 31.8 Å². The standard InChI is InChI=1S/C19H19N5O4/c25-17(12-24-19(27)8-6-15(22-24)16-2-1-11-28-16)20-9-10-23-18(26)7-5-14(21-23)13-3-4-13/h1-2,5-8,11,13H,3-4,9-10,12H2,(H,20,25). The molecule has 0 bridgehead atoms. The fraction of sp³-hybridized carbons (Fsp3) is 0.316. The molecule has 1 amide bonds. The Morgan fingerprint density at radius 2 is 1.86 bits per heavy atom. The lowest BCUT2D eigenvalue weighted by Crippen LogP contribution is -2.36. The zero-order valence-electron chi connectivity index (χ0n) is 15.1. The Bertz CT molecular complexity index is 1100. The lowest BCUT2D eigenvalue weighted by Gasteiger charge is -2.09. The SMILES string of the molecule is O=C(Cn1nc(-c2ccco2)ccc1=O)NCCn1nc(C2CC2)ccc1=O. The zero-order chi connectivity index (χ0) is 19.5. The van der Waals surface area contributed by atoms with Crippen molar-refractivity contribution < 1.29 is 9.21 Å². The van der Waals surface area contributed by atoms with Crippen LogP contribution < -0.4 is 16.4 Å². The van der Waals surface area contributed by atoms with Crippen molar-refractivity contribution in [1.29, 1.82) is 0 Å². The van der Waals surface area contributed by atoms with Gasteiger partial charge in [0, 0.05) is 24.6 Å². The van der Waals surface area contributed by atoms with Crippen molar-refractivity contribution in [1.82, 2.24) is 24.9 Å². The molecule has 1 fully saturated rings. The van der Waals surface area contributed by atoms with Gasteiger partial charge < -0.3 is 9.73 Å². The Morgan fingerprint density at radius 3 is 2.61 bits per heavy atom. The first-order valence-electron chi connectivity index (χ1n) is 9.07. The number of rotatable bonds is 7. The van der Waals surface area contributed by atoms with Gasteiger partial charge >= 0.3 is 0 Å². The molecule has 9 nitrogen and oxygen atoms in total. The third-order valence-electron chi connectivity index (χ3n) is 4.46. The van der Waals surface area contributed by atoms with Crippen LogP contribution in [0, 0.1) is 0 Å². The number of aromatic nitrogens is 4. The van der Waals surface area contributed by atoms with Crippen LogP contribution >= 0.6 is 0 Å². The van der Waals surface area contributed by atoms with Crippen LogP contribution in [-0.4, -0.2) is 32.0 Å². The molecule has 0 saturated heterocycles. The molecule has 0 aromatic carbocycles. The van der Waals surface area contributed by atoms with Crippen molar-refractivity contribution >= 4 is 5.91 Å². The number of furan rings is 1. The Hall–Kier alpha value is -3.49. The summed E-state index contributed by atoms with van der Waals surface area (Å²) in [6.45, 7) is 0.268. The van der Waals surface area contributed by atoms with Crippen LogP contribution in [0.2, 0.25) is 0 Å². The number of hydrogen-bond donors (Lipinski definition) is 1. The van der Waals surface area contributed by atoms with Gasteiger partial charge in [-0.2, -0.15) is 10.2 Å². The molecule has 144 valence electrons. The van der Waals surface area contributed by atoms with Crippen molar-refractivity contribution in [2.75, 3.05) is 6.54 Å². The van der Waals surface area contributed by atoms with E-state index in [0.717, 1.165) is 23.2 Å². The average molecular weight is 381 g/mol. The minimum Gasteiger partial charge on any atom is -0.463 e. The Morgan fingerprint density at radius 1 is 1.07 bits per heavy atom. The average Bonchev–Trinajstić information content (AvgIpc) is 3.39. The lowest BCUT2D eigenvalue weighted by atomic mass is 10.3. The molecule has 4 rings (SSSR count). The molecule has 9 heteroatoms. The van der Waals surface area contributed by atoms with Gasteiger partial charge in [-0.05, 0) is 37.1 Å². The fourth-order valence-corrected chi connectivity index (χ4v) is 2.83. The lowest BCUT2D eigenvalue weighted by molar-refractivity contribution is -0.121. The van der Waals surface area contributed by atoms with E-state index < -0.39 is 0 Å². The molecule has 0 unspecified atom stereocenters. The summed E-state index contributed by atoms with van der Waals surface area (Å²) in [5.41, 5.74) is 0.782. The van der Waals surface area contributed by atoms with Crippen molar-refractivity contribution in [3.8, 4) is 11.5 Å². The summed E-state index contributed by atoms with van der Waals surface area (Å²) in [6.07, 6.45) is 3.70. The van der Waals surface area contributed by atoms with E-state index in [0.29, 0.717) is 17.4 Å². The first-order chi connectivity index (χ1) is 13.6. The van der Waals surface area contributed by atoms with E-state index in [9.17, 15) is 14.4 Å². The van der Waals surface area contributed by atoms with Gasteiger partial charge in [0.1, 0.15) is 12.2 Å². The number of carbonyl (C=O) groups excluding carboxylic acids is 1. The minimum absolute atomic E-state index is 0.206. The van der Waals surface area contributed by atoms with E-state index >= 15 is 0 Å². The maximum atomic E-state index is 12.2. The van der Waals surface area contributed by atoms with E-state index in [1.54, 1.807) is 24.3 Å². The molecule has 1 aliphatic carbocycles. The number of hydrogen-bond acceptors (Lipinski definition) is 6. The summed E-state index contributed by atoms with van der Waals surface area (Å²) in [7, 11) is 0. The second-order valence-electron chi connectivity index (χ2n) is 6.64. The maximum Gasteiger partial charge on any atom is 0.267 e. The molecule has 1 saturated carbocycles. The Balaban J connectivity index is 1.36. The largest absolute Gasteiger partial charge is 0.463 e. The van der Waals surface area contributed by atoms with Gasteiger partial charge in [0.25, 0.3) is 11.1 Å². The van der Waals surface area contributed by atoms with Crippen molar-refractivity contribution in [3.63, 3.8) is 0 Å². The van der Waals surface area contributed by atoms with E-state index in [4.69, 9.17) is 4.42 Å². The van der Waals surface area contributed by atoms with Crippen LogP contribution in [0.15, 0.2) is 56.7 Å². The number of carbonyl (C=O) groups is 1. The highest BCUT2D eigenvalue weighted by Gasteiger charge is 2.25. The number of nitrogens with zero attached hydrogens (tertiary/aromatic N) is 4. The molecule has 3 aromatic heterocycles. The smallest absolute Gasteiger partial charge is 0.267 e. The van der Waals surface area contributed by atoms with Gasteiger partial charge in [-0.3, -0.25) is 14.4 Å². The van der Waals surface area contributed by atoms with Crippen LogP contribution in [0.4, 0.5) is 0 Å². The van der Waals surface area contributed by atoms with E-state index in [1.807, 2.05) is 0 Å². The molecule has 1 aliphatic rings. The van der Waals surface area contributed by atoms with Crippen LogP contribution in [0.5, 0.6) is 0 Å². The Labute approximate surface area is 159 Å². The van der Waals surface area contributed by atoms with Gasteiger partial charge in [-0.25, -0.2) is 9.36 Å². The zero-order valence-corrected chi connectivity index (χ0v) is 15.1. The summed E-state index contributed by atoms with van der Waals surface area (Å²) in [5, 5.41) is 11.2. The van der Waals surface area contributed by atoms with E-state index in [-0.39, 0.29) is 36.7 Å². The summed E-state index contributed by atoms with van der Waals surface area (Å²) in [5.74, 6) is 0.577. The molecule has 0 radical (unpaired) electrons. The normalized spacial score (nSPS) is 13.4. The minimum atomic E-state index is -0.388. The second kappa shape index (κ2) is 7.63. The van der Waals surface area contributed by atoms with Crippen LogP contribution in [0.25, 0.3) is 11.5 Å². The predicted molar refractivity (Wildman–Crippen MR) is 99.7 cm³/mol. The maximum absolute atomic E-state index is 12.2. The third-order valence-corrected chi connectivity index (χ3v) is 4.46. The topological polar surface area (TPSA) is 112 Å². The highest BCUT2D eigenvalue weighted by atomic mass is 16.3. The van der Waals surface area contributed by atoms with Crippen molar-refractivity contribution in [2.24, 2.45) is 0 Å². The Kier molecular flexibility index (Phi) is 4.88. The van der Waals surface area contributed by atoms with Crippen LogP contribution in [0.3, 0.4) is 0 Å². The molecule has 0 spiro atoms. The van der Waals surface area contributed by atoms with Crippen LogP contribution in [-0.2, 0) is 17.9 Å².